The number of aromatic nitrogens is 2. The molecular weight excluding hydrogens is 362 g/mol. The summed E-state index contributed by atoms with van der Waals surface area (Å²) in [5, 5.41) is 2.97. The van der Waals surface area contributed by atoms with Gasteiger partial charge < -0.3 is 14.4 Å². The third-order valence-corrected chi connectivity index (χ3v) is 5.20. The molecule has 0 spiro atoms. The van der Waals surface area contributed by atoms with E-state index in [0.717, 1.165) is 33.4 Å². The SMILES string of the molecule is COc1ccccc1-c1ccc2c(n1)CN(Cc1csc(C)n1)C(=O)CO2. The first-order valence-corrected chi connectivity index (χ1v) is 9.47. The van der Waals surface area contributed by atoms with E-state index in [1.54, 1.807) is 23.3 Å². The molecule has 3 aromatic rings. The summed E-state index contributed by atoms with van der Waals surface area (Å²) in [7, 11) is 1.64. The van der Waals surface area contributed by atoms with Gasteiger partial charge in [-0.25, -0.2) is 9.97 Å². The lowest BCUT2D eigenvalue weighted by molar-refractivity contribution is -0.133. The van der Waals surface area contributed by atoms with Gasteiger partial charge in [0.25, 0.3) is 5.91 Å². The molecule has 0 saturated heterocycles. The van der Waals surface area contributed by atoms with Gasteiger partial charge in [0.05, 0.1) is 36.6 Å². The summed E-state index contributed by atoms with van der Waals surface area (Å²) in [6.07, 6.45) is 0. The molecule has 0 N–H and O–H groups in total. The molecule has 6 nitrogen and oxygen atoms in total. The standard InChI is InChI=1S/C20H19N3O3S/c1-13-21-14(12-27-13)9-23-10-17-19(26-11-20(23)24)8-7-16(22-17)15-5-3-4-6-18(15)25-2/h3-8,12H,9-11H2,1-2H3. The molecule has 1 aliphatic rings. The first kappa shape index (κ1) is 17.5. The highest BCUT2D eigenvalue weighted by molar-refractivity contribution is 7.09. The number of rotatable bonds is 4. The highest BCUT2D eigenvalue weighted by Crippen LogP contribution is 2.31. The van der Waals surface area contributed by atoms with E-state index in [0.29, 0.717) is 18.8 Å². The van der Waals surface area contributed by atoms with E-state index in [1.807, 2.05) is 48.7 Å². The van der Waals surface area contributed by atoms with Crippen molar-refractivity contribution in [2.24, 2.45) is 0 Å². The van der Waals surface area contributed by atoms with Crippen molar-refractivity contribution in [1.29, 1.82) is 0 Å². The lowest BCUT2D eigenvalue weighted by Gasteiger charge is -2.18. The van der Waals surface area contributed by atoms with Crippen LogP contribution in [0.15, 0.2) is 41.8 Å². The van der Waals surface area contributed by atoms with E-state index in [9.17, 15) is 4.79 Å². The van der Waals surface area contributed by atoms with Crippen LogP contribution in [0.25, 0.3) is 11.3 Å². The van der Waals surface area contributed by atoms with Gasteiger partial charge in [0.15, 0.2) is 6.61 Å². The Morgan fingerprint density at radius 1 is 1.22 bits per heavy atom. The van der Waals surface area contributed by atoms with Crippen LogP contribution in [0, 0.1) is 6.92 Å². The Morgan fingerprint density at radius 2 is 2.07 bits per heavy atom. The molecule has 1 aliphatic heterocycles. The van der Waals surface area contributed by atoms with Crippen LogP contribution in [0.3, 0.4) is 0 Å². The van der Waals surface area contributed by atoms with Crippen molar-refractivity contribution < 1.29 is 14.3 Å². The average molecular weight is 381 g/mol. The van der Waals surface area contributed by atoms with Crippen molar-refractivity contribution in [3.8, 4) is 22.8 Å². The smallest absolute Gasteiger partial charge is 0.261 e. The van der Waals surface area contributed by atoms with Gasteiger partial charge in [-0.05, 0) is 31.2 Å². The van der Waals surface area contributed by atoms with Gasteiger partial charge in [-0.1, -0.05) is 12.1 Å². The first-order chi connectivity index (χ1) is 13.1. The molecule has 7 heteroatoms. The maximum atomic E-state index is 12.5. The highest BCUT2D eigenvalue weighted by Gasteiger charge is 2.24. The Labute approximate surface area is 161 Å². The normalized spacial score (nSPS) is 13.7. The molecular formula is C20H19N3O3S. The van der Waals surface area contributed by atoms with Crippen molar-refractivity contribution in [1.82, 2.24) is 14.9 Å². The molecule has 0 radical (unpaired) electrons. The maximum absolute atomic E-state index is 12.5. The van der Waals surface area contributed by atoms with Crippen LogP contribution in [-0.4, -0.2) is 34.5 Å². The van der Waals surface area contributed by atoms with Gasteiger partial charge >= 0.3 is 0 Å². The number of thiazole rings is 1. The van der Waals surface area contributed by atoms with E-state index in [1.165, 1.54) is 0 Å². The topological polar surface area (TPSA) is 64.5 Å². The molecule has 0 atom stereocenters. The van der Waals surface area contributed by atoms with E-state index >= 15 is 0 Å². The summed E-state index contributed by atoms with van der Waals surface area (Å²) >= 11 is 1.58. The van der Waals surface area contributed by atoms with Gasteiger partial charge in [-0.15, -0.1) is 11.3 Å². The summed E-state index contributed by atoms with van der Waals surface area (Å²) in [5.41, 5.74) is 3.31. The Bertz CT molecular complexity index is 986. The van der Waals surface area contributed by atoms with E-state index in [-0.39, 0.29) is 12.5 Å². The van der Waals surface area contributed by atoms with Crippen LogP contribution < -0.4 is 9.47 Å². The van der Waals surface area contributed by atoms with E-state index in [2.05, 4.69) is 4.98 Å². The second-order valence-electron chi connectivity index (χ2n) is 6.24. The zero-order valence-corrected chi connectivity index (χ0v) is 16.0. The lowest BCUT2D eigenvalue weighted by atomic mass is 10.1. The minimum Gasteiger partial charge on any atom is -0.496 e. The molecule has 0 unspecified atom stereocenters. The number of benzene rings is 1. The number of hydrogen-bond acceptors (Lipinski definition) is 6. The molecule has 27 heavy (non-hydrogen) atoms. The summed E-state index contributed by atoms with van der Waals surface area (Å²) in [6, 6.07) is 11.5. The Kier molecular flexibility index (Phi) is 4.77. The number of fused-ring (bicyclic) bond motifs is 1. The zero-order chi connectivity index (χ0) is 18.8. The number of carbonyl (C=O) groups excluding carboxylic acids is 1. The molecule has 0 aliphatic carbocycles. The number of amides is 1. The highest BCUT2D eigenvalue weighted by atomic mass is 32.1. The van der Waals surface area contributed by atoms with Gasteiger partial charge in [0.1, 0.15) is 17.2 Å². The van der Waals surface area contributed by atoms with Crippen LogP contribution in [0.4, 0.5) is 0 Å². The Hall–Kier alpha value is -2.93. The van der Waals surface area contributed by atoms with Crippen LogP contribution in [0.2, 0.25) is 0 Å². The first-order valence-electron chi connectivity index (χ1n) is 8.59. The number of aryl methyl sites for hydroxylation is 1. The fourth-order valence-electron chi connectivity index (χ4n) is 3.06. The number of carbonyl (C=O) groups is 1. The maximum Gasteiger partial charge on any atom is 0.261 e. The van der Waals surface area contributed by atoms with Gasteiger partial charge in [-0.2, -0.15) is 0 Å². The van der Waals surface area contributed by atoms with Crippen molar-refractivity contribution in [3.63, 3.8) is 0 Å². The number of pyridine rings is 1. The molecule has 2 aromatic heterocycles. The Balaban J connectivity index is 1.66. The van der Waals surface area contributed by atoms with E-state index in [4.69, 9.17) is 14.5 Å². The molecule has 3 heterocycles. The summed E-state index contributed by atoms with van der Waals surface area (Å²) in [4.78, 5) is 23.4. The average Bonchev–Trinajstić information content (AvgIpc) is 3.03. The van der Waals surface area contributed by atoms with E-state index < -0.39 is 0 Å². The number of methoxy groups -OCH3 is 1. The fraction of sp³-hybridized carbons (Fsp3) is 0.250. The van der Waals surface area contributed by atoms with Crippen LogP contribution in [0.1, 0.15) is 16.4 Å². The lowest BCUT2D eigenvalue weighted by Crippen LogP contribution is -2.32. The summed E-state index contributed by atoms with van der Waals surface area (Å²) < 4.78 is 11.1. The minimum atomic E-state index is -0.0718. The number of para-hydroxylation sites is 1. The number of hydrogen-bond donors (Lipinski definition) is 0. The summed E-state index contributed by atoms with van der Waals surface area (Å²) in [5.74, 6) is 1.32. The predicted molar refractivity (Wildman–Crippen MR) is 103 cm³/mol. The molecule has 138 valence electrons. The molecule has 0 saturated carbocycles. The zero-order valence-electron chi connectivity index (χ0n) is 15.1. The third-order valence-electron chi connectivity index (χ3n) is 4.38. The minimum absolute atomic E-state index is 0.00576. The second-order valence-corrected chi connectivity index (χ2v) is 7.30. The molecule has 4 rings (SSSR count). The Morgan fingerprint density at radius 3 is 2.85 bits per heavy atom. The summed E-state index contributed by atoms with van der Waals surface area (Å²) in [6.45, 7) is 2.80. The van der Waals surface area contributed by atoms with Crippen LogP contribution in [-0.2, 0) is 17.9 Å². The van der Waals surface area contributed by atoms with Crippen molar-refractivity contribution in [2.75, 3.05) is 13.7 Å². The van der Waals surface area contributed by atoms with Crippen molar-refractivity contribution in [2.45, 2.75) is 20.0 Å². The van der Waals surface area contributed by atoms with Gasteiger partial charge in [0, 0.05) is 10.9 Å². The molecule has 1 aromatic carbocycles. The van der Waals surface area contributed by atoms with Crippen molar-refractivity contribution in [3.05, 3.63) is 58.2 Å². The van der Waals surface area contributed by atoms with Gasteiger partial charge in [-0.3, -0.25) is 4.79 Å². The van der Waals surface area contributed by atoms with Crippen LogP contribution >= 0.6 is 11.3 Å². The van der Waals surface area contributed by atoms with Crippen LogP contribution in [0.5, 0.6) is 11.5 Å². The molecule has 1 amide bonds. The second kappa shape index (κ2) is 7.36. The number of nitrogens with zero attached hydrogens (tertiary/aromatic N) is 3. The van der Waals surface area contributed by atoms with Gasteiger partial charge in [0.2, 0.25) is 0 Å². The number of ether oxygens (including phenoxy) is 2. The molecule has 0 bridgehead atoms. The largest absolute Gasteiger partial charge is 0.496 e. The fourth-order valence-corrected chi connectivity index (χ4v) is 3.66. The monoisotopic (exact) mass is 381 g/mol. The van der Waals surface area contributed by atoms with Crippen molar-refractivity contribution >= 4 is 17.2 Å². The third kappa shape index (κ3) is 3.64. The predicted octanol–water partition coefficient (Wildman–Crippen LogP) is 3.44. The molecule has 0 fully saturated rings. The quantitative estimate of drug-likeness (QED) is 0.693.